The fourth-order valence-corrected chi connectivity index (χ4v) is 1.23. The number of hydrogen-bond acceptors (Lipinski definition) is 1. The summed E-state index contributed by atoms with van der Waals surface area (Å²) in [6.07, 6.45) is 3.49. The molecular formula is C12H13N. The maximum absolute atomic E-state index is 8.52. The van der Waals surface area contributed by atoms with Gasteiger partial charge in [-0.1, -0.05) is 42.8 Å². The molecule has 0 N–H and O–H groups in total. The summed E-state index contributed by atoms with van der Waals surface area (Å²) in [5, 5.41) is 8.52. The van der Waals surface area contributed by atoms with E-state index in [-0.39, 0.29) is 0 Å². The summed E-state index contributed by atoms with van der Waals surface area (Å²) in [5.74, 6) is 0. The summed E-state index contributed by atoms with van der Waals surface area (Å²) in [6, 6.07) is 12.3. The Hall–Kier alpha value is -1.55. The van der Waals surface area contributed by atoms with Crippen LogP contribution < -0.4 is 0 Å². The van der Waals surface area contributed by atoms with Crippen LogP contribution >= 0.6 is 0 Å². The van der Waals surface area contributed by atoms with E-state index in [1.54, 1.807) is 6.08 Å². The molecule has 0 aliphatic rings. The third-order valence-corrected chi connectivity index (χ3v) is 2.00. The number of nitrogens with zero attached hydrogens (tertiary/aromatic N) is 1. The molecule has 1 heteroatoms. The lowest BCUT2D eigenvalue weighted by molar-refractivity contribution is 1.01. The molecule has 0 heterocycles. The van der Waals surface area contributed by atoms with Crippen LogP contribution in [0.2, 0.25) is 0 Å². The number of allylic oxidation sites excluding steroid dienone is 2. The number of benzene rings is 1. The zero-order valence-corrected chi connectivity index (χ0v) is 7.83. The zero-order chi connectivity index (χ0) is 9.52. The minimum Gasteiger partial charge on any atom is -0.193 e. The molecule has 0 unspecified atom stereocenters. The second-order valence-corrected chi connectivity index (χ2v) is 2.95. The molecule has 13 heavy (non-hydrogen) atoms. The van der Waals surface area contributed by atoms with Gasteiger partial charge in [-0.25, -0.2) is 0 Å². The normalized spacial score (nSPS) is 10.9. The van der Waals surface area contributed by atoms with Gasteiger partial charge in [-0.2, -0.15) is 5.26 Å². The van der Waals surface area contributed by atoms with Crippen molar-refractivity contribution < 1.29 is 0 Å². The van der Waals surface area contributed by atoms with Crippen LogP contribution in [0.15, 0.2) is 42.0 Å². The van der Waals surface area contributed by atoms with Crippen LogP contribution in [0.1, 0.15) is 18.9 Å². The summed E-state index contributed by atoms with van der Waals surface area (Å²) < 4.78 is 0. The molecule has 0 radical (unpaired) electrons. The van der Waals surface area contributed by atoms with E-state index in [1.807, 2.05) is 18.2 Å². The molecule has 0 saturated heterocycles. The Bertz CT molecular complexity index is 317. The standard InChI is InChI=1S/C12H13N/c1-2-11(8-9-13)10-12-6-4-3-5-7-12/h3-8H,2,10H2,1H3/b11-8+. The summed E-state index contributed by atoms with van der Waals surface area (Å²) in [6.45, 7) is 2.08. The predicted octanol–water partition coefficient (Wildman–Crippen LogP) is 3.09. The molecule has 66 valence electrons. The molecule has 0 spiro atoms. The van der Waals surface area contributed by atoms with Crippen molar-refractivity contribution in [1.29, 1.82) is 5.26 Å². The molecule has 0 bridgehead atoms. The van der Waals surface area contributed by atoms with Crippen LogP contribution in [-0.4, -0.2) is 0 Å². The fraction of sp³-hybridized carbons (Fsp3) is 0.250. The van der Waals surface area contributed by atoms with E-state index in [4.69, 9.17) is 5.26 Å². The van der Waals surface area contributed by atoms with Crippen LogP contribution in [0.3, 0.4) is 0 Å². The highest BCUT2D eigenvalue weighted by Gasteiger charge is 1.95. The molecule has 0 fully saturated rings. The highest BCUT2D eigenvalue weighted by atomic mass is 14.2. The van der Waals surface area contributed by atoms with E-state index in [9.17, 15) is 0 Å². The highest BCUT2D eigenvalue weighted by molar-refractivity contribution is 5.24. The Morgan fingerprint density at radius 3 is 2.62 bits per heavy atom. The van der Waals surface area contributed by atoms with E-state index < -0.39 is 0 Å². The van der Waals surface area contributed by atoms with Crippen molar-refractivity contribution in [3.05, 3.63) is 47.5 Å². The van der Waals surface area contributed by atoms with Gasteiger partial charge in [0.1, 0.15) is 0 Å². The average Bonchev–Trinajstić information content (AvgIpc) is 2.19. The maximum atomic E-state index is 8.52. The largest absolute Gasteiger partial charge is 0.193 e. The topological polar surface area (TPSA) is 23.8 Å². The van der Waals surface area contributed by atoms with Crippen molar-refractivity contribution in [3.63, 3.8) is 0 Å². The number of hydrogen-bond donors (Lipinski definition) is 0. The lowest BCUT2D eigenvalue weighted by Gasteiger charge is -2.02. The van der Waals surface area contributed by atoms with E-state index in [0.717, 1.165) is 12.8 Å². The van der Waals surface area contributed by atoms with Gasteiger partial charge in [0.15, 0.2) is 0 Å². The molecule has 0 aromatic heterocycles. The van der Waals surface area contributed by atoms with Gasteiger partial charge in [0.25, 0.3) is 0 Å². The Morgan fingerprint density at radius 1 is 1.38 bits per heavy atom. The summed E-state index contributed by atoms with van der Waals surface area (Å²) >= 11 is 0. The molecule has 1 aromatic carbocycles. The SMILES string of the molecule is CC/C(=C\C#N)Cc1ccccc1. The molecule has 0 aliphatic carbocycles. The summed E-state index contributed by atoms with van der Waals surface area (Å²) in [4.78, 5) is 0. The van der Waals surface area contributed by atoms with Crippen LogP contribution in [0, 0.1) is 11.3 Å². The second kappa shape index (κ2) is 5.16. The molecule has 1 aromatic rings. The third kappa shape index (κ3) is 3.13. The van der Waals surface area contributed by atoms with Gasteiger partial charge in [-0.05, 0) is 18.4 Å². The minimum absolute atomic E-state index is 0.894. The highest BCUT2D eigenvalue weighted by Crippen LogP contribution is 2.10. The molecule has 1 rings (SSSR count). The summed E-state index contributed by atoms with van der Waals surface area (Å²) in [7, 11) is 0. The Kier molecular flexibility index (Phi) is 3.78. The van der Waals surface area contributed by atoms with E-state index >= 15 is 0 Å². The maximum Gasteiger partial charge on any atom is 0.0911 e. The first-order valence-electron chi connectivity index (χ1n) is 4.48. The molecule has 0 amide bonds. The Balaban J connectivity index is 2.69. The summed E-state index contributed by atoms with van der Waals surface area (Å²) in [5.41, 5.74) is 2.46. The second-order valence-electron chi connectivity index (χ2n) is 2.95. The predicted molar refractivity (Wildman–Crippen MR) is 54.1 cm³/mol. The molecule has 0 saturated carbocycles. The fourth-order valence-electron chi connectivity index (χ4n) is 1.23. The molecule has 1 nitrogen and oxygen atoms in total. The average molecular weight is 171 g/mol. The van der Waals surface area contributed by atoms with Crippen molar-refractivity contribution in [2.24, 2.45) is 0 Å². The quantitative estimate of drug-likeness (QED) is 0.641. The van der Waals surface area contributed by atoms with Gasteiger partial charge < -0.3 is 0 Å². The number of nitriles is 1. The van der Waals surface area contributed by atoms with Crippen LogP contribution in [0.25, 0.3) is 0 Å². The number of rotatable bonds is 3. The van der Waals surface area contributed by atoms with Gasteiger partial charge in [-0.3, -0.25) is 0 Å². The first kappa shape index (κ1) is 9.54. The van der Waals surface area contributed by atoms with E-state index in [2.05, 4.69) is 25.1 Å². The van der Waals surface area contributed by atoms with Gasteiger partial charge in [0.2, 0.25) is 0 Å². The molecule has 0 atom stereocenters. The van der Waals surface area contributed by atoms with E-state index in [0.29, 0.717) is 0 Å². The van der Waals surface area contributed by atoms with Crippen molar-refractivity contribution in [2.45, 2.75) is 19.8 Å². The van der Waals surface area contributed by atoms with Gasteiger partial charge in [0, 0.05) is 6.08 Å². The first-order chi connectivity index (χ1) is 6.36. The Labute approximate surface area is 79.3 Å². The molecule has 0 aliphatic heterocycles. The van der Waals surface area contributed by atoms with Crippen LogP contribution in [0.4, 0.5) is 0 Å². The van der Waals surface area contributed by atoms with Crippen LogP contribution in [0.5, 0.6) is 0 Å². The smallest absolute Gasteiger partial charge is 0.0911 e. The van der Waals surface area contributed by atoms with Gasteiger partial charge >= 0.3 is 0 Å². The van der Waals surface area contributed by atoms with E-state index in [1.165, 1.54) is 11.1 Å². The van der Waals surface area contributed by atoms with Crippen molar-refractivity contribution in [2.75, 3.05) is 0 Å². The van der Waals surface area contributed by atoms with Crippen molar-refractivity contribution in [1.82, 2.24) is 0 Å². The first-order valence-corrected chi connectivity index (χ1v) is 4.48. The van der Waals surface area contributed by atoms with Gasteiger partial charge in [-0.15, -0.1) is 0 Å². The lowest BCUT2D eigenvalue weighted by atomic mass is 10.0. The van der Waals surface area contributed by atoms with Gasteiger partial charge in [0.05, 0.1) is 6.07 Å². The zero-order valence-electron chi connectivity index (χ0n) is 7.83. The molecular weight excluding hydrogens is 158 g/mol. The third-order valence-electron chi connectivity index (χ3n) is 2.00. The lowest BCUT2D eigenvalue weighted by Crippen LogP contribution is -1.88. The Morgan fingerprint density at radius 2 is 2.08 bits per heavy atom. The van der Waals surface area contributed by atoms with Crippen LogP contribution in [-0.2, 0) is 6.42 Å². The minimum atomic E-state index is 0.894. The van der Waals surface area contributed by atoms with Crippen molar-refractivity contribution >= 4 is 0 Å². The monoisotopic (exact) mass is 171 g/mol. The van der Waals surface area contributed by atoms with Crippen molar-refractivity contribution in [3.8, 4) is 6.07 Å².